The molecule has 0 saturated heterocycles. The van der Waals surface area contributed by atoms with Crippen LogP contribution in [0.3, 0.4) is 0 Å². The van der Waals surface area contributed by atoms with Crippen LogP contribution in [0.15, 0.2) is 0 Å². The molecule has 0 aromatic heterocycles. The van der Waals surface area contributed by atoms with Gasteiger partial charge in [0.15, 0.2) is 0 Å². The van der Waals surface area contributed by atoms with Gasteiger partial charge in [0.25, 0.3) is 0 Å². The zero-order chi connectivity index (χ0) is 19.7. The summed E-state index contributed by atoms with van der Waals surface area (Å²) in [6, 6.07) is 0. The van der Waals surface area contributed by atoms with Crippen molar-refractivity contribution in [1.29, 1.82) is 0 Å². The molecule has 1 N–H and O–H groups in total. The highest BCUT2D eigenvalue weighted by atomic mass is 16.5. The molecule has 0 aliphatic heterocycles. The number of unbranched alkanes of at least 4 members (excludes halogenated alkanes) is 19. The summed E-state index contributed by atoms with van der Waals surface area (Å²) >= 11 is 0. The molecule has 0 aromatic rings. The van der Waals surface area contributed by atoms with E-state index in [9.17, 15) is 0 Å². The third-order valence-electron chi connectivity index (χ3n) is 5.59. The topological polar surface area (TPSA) is 29.5 Å². The molecule has 0 aromatic carbocycles. The molecule has 0 heterocycles. The van der Waals surface area contributed by atoms with Gasteiger partial charge in [0.05, 0.1) is 0 Å². The van der Waals surface area contributed by atoms with Crippen molar-refractivity contribution in [3.63, 3.8) is 0 Å². The van der Waals surface area contributed by atoms with Gasteiger partial charge in [0, 0.05) is 19.8 Å². The molecule has 0 saturated carbocycles. The highest BCUT2D eigenvalue weighted by Crippen LogP contribution is 2.12. The lowest BCUT2D eigenvalue weighted by Crippen LogP contribution is -1.97. The van der Waals surface area contributed by atoms with E-state index >= 15 is 0 Å². The molecule has 27 heavy (non-hydrogen) atoms. The Morgan fingerprint density at radius 3 is 1.04 bits per heavy atom. The molecule has 0 bridgehead atoms. The summed E-state index contributed by atoms with van der Waals surface area (Å²) in [5, 5.41) is 8.73. The van der Waals surface area contributed by atoms with E-state index in [2.05, 4.69) is 6.92 Å². The Kier molecular flexibility index (Phi) is 25.8. The average Bonchev–Trinajstić information content (AvgIpc) is 2.68. The molecule has 0 amide bonds. The Balaban J connectivity index is 2.95. The average molecular weight is 385 g/mol. The van der Waals surface area contributed by atoms with Crippen LogP contribution in [-0.4, -0.2) is 24.9 Å². The summed E-state index contributed by atoms with van der Waals surface area (Å²) in [5.74, 6) is 0. The van der Waals surface area contributed by atoms with Gasteiger partial charge in [-0.05, 0) is 19.3 Å². The molecule has 0 radical (unpaired) electrons. The van der Waals surface area contributed by atoms with Crippen molar-refractivity contribution in [3.05, 3.63) is 0 Å². The lowest BCUT2D eigenvalue weighted by molar-refractivity contribution is 0.125. The minimum Gasteiger partial charge on any atom is -0.396 e. The lowest BCUT2D eigenvalue weighted by Gasteiger charge is -2.05. The summed E-state index contributed by atoms with van der Waals surface area (Å²) in [6.07, 6.45) is 28.4. The molecular formula is C25H52O2. The smallest absolute Gasteiger partial charge is 0.0466 e. The van der Waals surface area contributed by atoms with Crippen molar-refractivity contribution in [1.82, 2.24) is 0 Å². The second-order valence-corrected chi connectivity index (χ2v) is 8.41. The van der Waals surface area contributed by atoms with Crippen molar-refractivity contribution < 1.29 is 9.84 Å². The molecule has 0 rings (SSSR count). The Hall–Kier alpha value is -0.0800. The molecule has 2 heteroatoms. The first-order valence-electron chi connectivity index (χ1n) is 12.6. The second kappa shape index (κ2) is 25.9. The number of aliphatic hydroxyl groups is 1. The second-order valence-electron chi connectivity index (χ2n) is 8.41. The molecule has 2 nitrogen and oxygen atoms in total. The fourth-order valence-corrected chi connectivity index (χ4v) is 3.70. The Morgan fingerprint density at radius 1 is 0.407 bits per heavy atom. The zero-order valence-corrected chi connectivity index (χ0v) is 18.8. The summed E-state index contributed by atoms with van der Waals surface area (Å²) in [6.45, 7) is 4.60. The van der Waals surface area contributed by atoms with E-state index in [0.717, 1.165) is 19.6 Å². The highest BCUT2D eigenvalue weighted by Gasteiger charge is 1.95. The summed E-state index contributed by atoms with van der Waals surface area (Å²) in [4.78, 5) is 0. The fourth-order valence-electron chi connectivity index (χ4n) is 3.70. The van der Waals surface area contributed by atoms with E-state index in [-0.39, 0.29) is 0 Å². The van der Waals surface area contributed by atoms with E-state index in [1.165, 1.54) is 128 Å². The van der Waals surface area contributed by atoms with Crippen LogP contribution in [-0.2, 0) is 4.74 Å². The minimum absolute atomic E-state index is 0.364. The number of rotatable bonds is 24. The Labute approximate surface area is 171 Å². The van der Waals surface area contributed by atoms with Gasteiger partial charge < -0.3 is 9.84 Å². The van der Waals surface area contributed by atoms with E-state index in [1.807, 2.05) is 0 Å². The fraction of sp³-hybridized carbons (Fsp3) is 1.00. The minimum atomic E-state index is 0.364. The highest BCUT2D eigenvalue weighted by molar-refractivity contribution is 4.49. The maximum absolute atomic E-state index is 8.73. The first kappa shape index (κ1) is 26.9. The standard InChI is InChI=1S/C25H52O2/c1-2-3-4-5-6-7-12-15-18-21-24-27-25-22-19-16-13-10-8-9-11-14-17-20-23-26/h26H,2-25H2,1H3. The largest absolute Gasteiger partial charge is 0.396 e. The van der Waals surface area contributed by atoms with E-state index in [4.69, 9.17) is 9.84 Å². The summed E-state index contributed by atoms with van der Waals surface area (Å²) in [7, 11) is 0. The van der Waals surface area contributed by atoms with Crippen LogP contribution >= 0.6 is 0 Å². The number of hydrogen-bond acceptors (Lipinski definition) is 2. The van der Waals surface area contributed by atoms with Crippen molar-refractivity contribution in [2.75, 3.05) is 19.8 Å². The first-order valence-corrected chi connectivity index (χ1v) is 12.6. The predicted molar refractivity (Wildman–Crippen MR) is 121 cm³/mol. The molecule has 164 valence electrons. The van der Waals surface area contributed by atoms with Crippen molar-refractivity contribution in [2.45, 2.75) is 142 Å². The monoisotopic (exact) mass is 384 g/mol. The molecule has 0 aliphatic carbocycles. The number of aliphatic hydroxyl groups excluding tert-OH is 1. The van der Waals surface area contributed by atoms with Crippen molar-refractivity contribution in [2.24, 2.45) is 0 Å². The predicted octanol–water partition coefficient (Wildman–Crippen LogP) is 8.21. The molecule has 0 atom stereocenters. The third kappa shape index (κ3) is 25.9. The van der Waals surface area contributed by atoms with Gasteiger partial charge in [-0.3, -0.25) is 0 Å². The summed E-state index contributed by atoms with van der Waals surface area (Å²) < 4.78 is 5.78. The third-order valence-corrected chi connectivity index (χ3v) is 5.59. The normalized spacial score (nSPS) is 11.3. The quantitative estimate of drug-likeness (QED) is 0.170. The van der Waals surface area contributed by atoms with Crippen LogP contribution in [0.5, 0.6) is 0 Å². The maximum atomic E-state index is 8.73. The van der Waals surface area contributed by atoms with Crippen LogP contribution in [0.1, 0.15) is 142 Å². The van der Waals surface area contributed by atoms with Gasteiger partial charge in [-0.15, -0.1) is 0 Å². The molecule has 0 unspecified atom stereocenters. The number of hydrogen-bond donors (Lipinski definition) is 1. The van der Waals surface area contributed by atoms with E-state index in [0.29, 0.717) is 6.61 Å². The molecular weight excluding hydrogens is 332 g/mol. The van der Waals surface area contributed by atoms with E-state index in [1.54, 1.807) is 0 Å². The van der Waals surface area contributed by atoms with Gasteiger partial charge >= 0.3 is 0 Å². The van der Waals surface area contributed by atoms with Gasteiger partial charge in [-0.1, -0.05) is 122 Å². The Bertz CT molecular complexity index is 218. The summed E-state index contributed by atoms with van der Waals surface area (Å²) in [5.41, 5.74) is 0. The lowest BCUT2D eigenvalue weighted by atomic mass is 10.1. The Morgan fingerprint density at radius 2 is 0.704 bits per heavy atom. The van der Waals surface area contributed by atoms with Crippen LogP contribution in [0.25, 0.3) is 0 Å². The van der Waals surface area contributed by atoms with Gasteiger partial charge in [-0.25, -0.2) is 0 Å². The SMILES string of the molecule is CCCCCCCCCCCCOCCCCCCCCCCCCCO. The van der Waals surface area contributed by atoms with Crippen LogP contribution in [0.2, 0.25) is 0 Å². The van der Waals surface area contributed by atoms with Gasteiger partial charge in [0.1, 0.15) is 0 Å². The van der Waals surface area contributed by atoms with Crippen molar-refractivity contribution in [3.8, 4) is 0 Å². The van der Waals surface area contributed by atoms with Gasteiger partial charge in [-0.2, -0.15) is 0 Å². The van der Waals surface area contributed by atoms with Crippen LogP contribution in [0, 0.1) is 0 Å². The molecule has 0 aliphatic rings. The first-order chi connectivity index (χ1) is 13.4. The van der Waals surface area contributed by atoms with Crippen LogP contribution < -0.4 is 0 Å². The van der Waals surface area contributed by atoms with Gasteiger partial charge in [0.2, 0.25) is 0 Å². The number of ether oxygens (including phenoxy) is 1. The molecule has 0 fully saturated rings. The maximum Gasteiger partial charge on any atom is 0.0466 e. The zero-order valence-electron chi connectivity index (χ0n) is 18.8. The molecule has 0 spiro atoms. The van der Waals surface area contributed by atoms with Crippen molar-refractivity contribution >= 4 is 0 Å². The van der Waals surface area contributed by atoms with Crippen LogP contribution in [0.4, 0.5) is 0 Å². The van der Waals surface area contributed by atoms with E-state index < -0.39 is 0 Å².